The number of carbonyl (C=O) groups excluding carboxylic acids is 1. The number of halogens is 1. The molecular formula is C10H12INOS. The molecule has 1 atom stereocenters. The number of hydrogen-bond donors (Lipinski definition) is 2. The Morgan fingerprint density at radius 1 is 1.57 bits per heavy atom. The van der Waals surface area contributed by atoms with Crippen molar-refractivity contribution < 1.29 is 4.79 Å². The quantitative estimate of drug-likeness (QED) is 0.636. The molecule has 1 unspecified atom stereocenters. The van der Waals surface area contributed by atoms with E-state index < -0.39 is 0 Å². The molecule has 1 N–H and O–H groups in total. The summed E-state index contributed by atoms with van der Waals surface area (Å²) in [6.07, 6.45) is 0. The highest BCUT2D eigenvalue weighted by Gasteiger charge is 2.09. The first-order chi connectivity index (χ1) is 6.50. The average Bonchev–Trinajstić information content (AvgIpc) is 2.11. The molecule has 0 aliphatic rings. The summed E-state index contributed by atoms with van der Waals surface area (Å²) in [4.78, 5) is 11.4. The standard InChI is InChI=1S/C10H12INOS/c1-6-3-4-8(11)5-9(6)12-10(13)7(2)14/h3-5,7,14H,1-2H3,(H,12,13). The molecule has 0 aliphatic heterocycles. The Balaban J connectivity index is 2.86. The fraction of sp³-hybridized carbons (Fsp3) is 0.300. The van der Waals surface area contributed by atoms with Crippen LogP contribution in [0.5, 0.6) is 0 Å². The topological polar surface area (TPSA) is 29.1 Å². The lowest BCUT2D eigenvalue weighted by Gasteiger charge is -2.10. The highest BCUT2D eigenvalue weighted by Crippen LogP contribution is 2.18. The van der Waals surface area contributed by atoms with Gasteiger partial charge < -0.3 is 5.32 Å². The molecule has 0 heterocycles. The number of carbonyl (C=O) groups is 1. The van der Waals surface area contributed by atoms with Crippen molar-refractivity contribution in [1.82, 2.24) is 0 Å². The third-order valence-corrected chi connectivity index (χ3v) is 2.74. The van der Waals surface area contributed by atoms with Gasteiger partial charge in [0.25, 0.3) is 0 Å². The molecular weight excluding hydrogens is 309 g/mol. The van der Waals surface area contributed by atoms with Gasteiger partial charge >= 0.3 is 0 Å². The molecule has 0 aromatic heterocycles. The molecule has 0 fully saturated rings. The lowest BCUT2D eigenvalue weighted by Crippen LogP contribution is -2.20. The van der Waals surface area contributed by atoms with Crippen LogP contribution < -0.4 is 5.32 Å². The predicted molar refractivity (Wildman–Crippen MR) is 71.0 cm³/mol. The first kappa shape index (κ1) is 11.8. The molecule has 14 heavy (non-hydrogen) atoms. The summed E-state index contributed by atoms with van der Waals surface area (Å²) in [5.74, 6) is -0.0709. The summed E-state index contributed by atoms with van der Waals surface area (Å²) < 4.78 is 1.11. The van der Waals surface area contributed by atoms with Crippen LogP contribution in [0.3, 0.4) is 0 Å². The van der Waals surface area contributed by atoms with Crippen LogP contribution in [0.25, 0.3) is 0 Å². The number of amides is 1. The summed E-state index contributed by atoms with van der Waals surface area (Å²) >= 11 is 6.29. The zero-order chi connectivity index (χ0) is 10.7. The van der Waals surface area contributed by atoms with Gasteiger partial charge in [0.05, 0.1) is 5.25 Å². The lowest BCUT2D eigenvalue weighted by atomic mass is 10.2. The van der Waals surface area contributed by atoms with Gasteiger partial charge in [0.15, 0.2) is 0 Å². The molecule has 1 rings (SSSR count). The highest BCUT2D eigenvalue weighted by molar-refractivity contribution is 14.1. The normalized spacial score (nSPS) is 12.3. The molecule has 0 saturated carbocycles. The zero-order valence-electron chi connectivity index (χ0n) is 8.04. The largest absolute Gasteiger partial charge is 0.325 e. The van der Waals surface area contributed by atoms with Gasteiger partial charge in [-0.25, -0.2) is 0 Å². The van der Waals surface area contributed by atoms with Gasteiger partial charge in [0.2, 0.25) is 5.91 Å². The molecule has 1 aromatic carbocycles. The third-order valence-electron chi connectivity index (χ3n) is 1.84. The molecule has 0 aliphatic carbocycles. The van der Waals surface area contributed by atoms with Crippen LogP contribution >= 0.6 is 35.2 Å². The van der Waals surface area contributed by atoms with Gasteiger partial charge in [-0.2, -0.15) is 12.6 Å². The Hall–Kier alpha value is -0.230. The minimum absolute atomic E-state index is 0.0709. The monoisotopic (exact) mass is 321 g/mol. The van der Waals surface area contributed by atoms with E-state index in [2.05, 4.69) is 40.5 Å². The molecule has 0 saturated heterocycles. The van der Waals surface area contributed by atoms with E-state index in [1.807, 2.05) is 25.1 Å². The number of anilines is 1. The van der Waals surface area contributed by atoms with Crippen LogP contribution in [0.2, 0.25) is 0 Å². The molecule has 1 aromatic rings. The highest BCUT2D eigenvalue weighted by atomic mass is 127. The van der Waals surface area contributed by atoms with Crippen molar-refractivity contribution in [3.8, 4) is 0 Å². The van der Waals surface area contributed by atoms with Crippen LogP contribution in [0.1, 0.15) is 12.5 Å². The Kier molecular flexibility index (Phi) is 4.25. The summed E-state index contributed by atoms with van der Waals surface area (Å²) in [5.41, 5.74) is 1.93. The number of hydrogen-bond acceptors (Lipinski definition) is 2. The molecule has 0 spiro atoms. The summed E-state index contributed by atoms with van der Waals surface area (Å²) in [6.45, 7) is 3.72. The van der Waals surface area contributed by atoms with E-state index in [4.69, 9.17) is 0 Å². The average molecular weight is 321 g/mol. The summed E-state index contributed by atoms with van der Waals surface area (Å²) in [6, 6.07) is 5.94. The lowest BCUT2D eigenvalue weighted by molar-refractivity contribution is -0.115. The number of thiol groups is 1. The fourth-order valence-electron chi connectivity index (χ4n) is 0.966. The van der Waals surface area contributed by atoms with Crippen LogP contribution in [0.4, 0.5) is 5.69 Å². The van der Waals surface area contributed by atoms with Gasteiger partial charge in [0.1, 0.15) is 0 Å². The first-order valence-corrected chi connectivity index (χ1v) is 5.85. The summed E-state index contributed by atoms with van der Waals surface area (Å²) in [5, 5.41) is 2.55. The number of aryl methyl sites for hydroxylation is 1. The van der Waals surface area contributed by atoms with Gasteiger partial charge in [0, 0.05) is 9.26 Å². The Bertz CT molecular complexity index is 352. The van der Waals surface area contributed by atoms with Crippen molar-refractivity contribution in [2.24, 2.45) is 0 Å². The Labute approximate surface area is 103 Å². The van der Waals surface area contributed by atoms with E-state index in [-0.39, 0.29) is 11.2 Å². The molecule has 4 heteroatoms. The van der Waals surface area contributed by atoms with E-state index in [1.54, 1.807) is 6.92 Å². The van der Waals surface area contributed by atoms with E-state index in [0.717, 1.165) is 14.8 Å². The number of rotatable bonds is 2. The van der Waals surface area contributed by atoms with Gasteiger partial charge in [-0.15, -0.1) is 0 Å². The van der Waals surface area contributed by atoms with Crippen LogP contribution in [0.15, 0.2) is 18.2 Å². The second-order valence-electron chi connectivity index (χ2n) is 3.12. The van der Waals surface area contributed by atoms with Crippen molar-refractivity contribution in [2.45, 2.75) is 19.1 Å². The fourth-order valence-corrected chi connectivity index (χ4v) is 1.52. The predicted octanol–water partition coefficient (Wildman–Crippen LogP) is 2.86. The SMILES string of the molecule is Cc1ccc(I)cc1NC(=O)C(C)S. The smallest absolute Gasteiger partial charge is 0.236 e. The maximum absolute atomic E-state index is 11.4. The van der Waals surface area contributed by atoms with Crippen molar-refractivity contribution >= 4 is 46.8 Å². The van der Waals surface area contributed by atoms with Gasteiger partial charge in [-0.3, -0.25) is 4.79 Å². The third kappa shape index (κ3) is 3.16. The Morgan fingerprint density at radius 2 is 2.21 bits per heavy atom. The number of benzene rings is 1. The number of nitrogens with one attached hydrogen (secondary N) is 1. The maximum atomic E-state index is 11.4. The first-order valence-electron chi connectivity index (χ1n) is 4.26. The maximum Gasteiger partial charge on any atom is 0.236 e. The van der Waals surface area contributed by atoms with Crippen LogP contribution in [0, 0.1) is 10.5 Å². The molecule has 0 radical (unpaired) electrons. The molecule has 0 bridgehead atoms. The van der Waals surface area contributed by atoms with Gasteiger partial charge in [-0.1, -0.05) is 6.07 Å². The Morgan fingerprint density at radius 3 is 2.79 bits per heavy atom. The minimum atomic E-state index is -0.285. The molecule has 1 amide bonds. The molecule has 2 nitrogen and oxygen atoms in total. The zero-order valence-corrected chi connectivity index (χ0v) is 11.1. The second kappa shape index (κ2) is 5.02. The molecule has 76 valence electrons. The second-order valence-corrected chi connectivity index (χ2v) is 5.14. The van der Waals surface area contributed by atoms with Crippen molar-refractivity contribution in [2.75, 3.05) is 5.32 Å². The summed E-state index contributed by atoms with van der Waals surface area (Å²) in [7, 11) is 0. The van der Waals surface area contributed by atoms with E-state index in [1.165, 1.54) is 0 Å². The van der Waals surface area contributed by atoms with E-state index >= 15 is 0 Å². The van der Waals surface area contributed by atoms with E-state index in [9.17, 15) is 4.79 Å². The van der Waals surface area contributed by atoms with Crippen molar-refractivity contribution in [3.05, 3.63) is 27.3 Å². The van der Waals surface area contributed by atoms with Gasteiger partial charge in [-0.05, 0) is 54.1 Å². The minimum Gasteiger partial charge on any atom is -0.325 e. The van der Waals surface area contributed by atoms with Crippen LogP contribution in [-0.2, 0) is 4.79 Å². The van der Waals surface area contributed by atoms with E-state index in [0.29, 0.717) is 0 Å². The van der Waals surface area contributed by atoms with Crippen LogP contribution in [-0.4, -0.2) is 11.2 Å². The van der Waals surface area contributed by atoms with Crippen molar-refractivity contribution in [1.29, 1.82) is 0 Å². The van der Waals surface area contributed by atoms with Crippen molar-refractivity contribution in [3.63, 3.8) is 0 Å².